The van der Waals surface area contributed by atoms with Crippen LogP contribution in [0.4, 0.5) is 5.82 Å². The van der Waals surface area contributed by atoms with Gasteiger partial charge in [0, 0.05) is 17.9 Å². The van der Waals surface area contributed by atoms with E-state index >= 15 is 0 Å². The highest BCUT2D eigenvalue weighted by molar-refractivity contribution is 7.20. The topological polar surface area (TPSA) is 89.3 Å². The first-order valence-electron chi connectivity index (χ1n) is 9.33. The largest absolute Gasteiger partial charge is 0.504 e. The van der Waals surface area contributed by atoms with E-state index in [2.05, 4.69) is 15.4 Å². The van der Waals surface area contributed by atoms with Crippen molar-refractivity contribution >= 4 is 33.3 Å². The third kappa shape index (κ3) is 3.01. The summed E-state index contributed by atoms with van der Waals surface area (Å²) in [4.78, 5) is 17.1. The van der Waals surface area contributed by atoms with Crippen molar-refractivity contribution in [2.75, 3.05) is 11.9 Å². The molecule has 0 spiro atoms. The van der Waals surface area contributed by atoms with Crippen LogP contribution >= 0.6 is 11.3 Å². The van der Waals surface area contributed by atoms with Gasteiger partial charge in [-0.05, 0) is 36.8 Å². The molecule has 146 valence electrons. The Kier molecular flexibility index (Phi) is 4.21. The van der Waals surface area contributed by atoms with E-state index in [0.29, 0.717) is 29.7 Å². The molecule has 2 aromatic carbocycles. The second-order valence-electron chi connectivity index (χ2n) is 6.79. The first-order valence-corrected chi connectivity index (χ1v) is 10.1. The fourth-order valence-electron chi connectivity index (χ4n) is 3.63. The highest BCUT2D eigenvalue weighted by Gasteiger charge is 2.31. The fraction of sp³-hybridized carbons (Fsp3) is 0.190. The number of ether oxygens (including phenoxy) is 1. The van der Waals surface area contributed by atoms with Crippen LogP contribution in [0.15, 0.2) is 48.7 Å². The molecule has 4 aromatic rings. The zero-order chi connectivity index (χ0) is 20.0. The van der Waals surface area contributed by atoms with Gasteiger partial charge in [0.1, 0.15) is 5.82 Å². The van der Waals surface area contributed by atoms with E-state index in [-0.39, 0.29) is 17.6 Å². The number of rotatable bonds is 4. The summed E-state index contributed by atoms with van der Waals surface area (Å²) >= 11 is 1.52. The number of phenolic OH excluding ortho intramolecular Hbond substituents is 1. The Bertz CT molecular complexity index is 1200. The number of hydrogen-bond acceptors (Lipinski definition) is 6. The van der Waals surface area contributed by atoms with Gasteiger partial charge in [0.25, 0.3) is 0 Å². The number of phenols is 1. The third-order valence-corrected chi connectivity index (χ3v) is 5.98. The lowest BCUT2D eigenvalue weighted by atomic mass is 9.87. The summed E-state index contributed by atoms with van der Waals surface area (Å²) in [6.45, 7) is 2.31. The maximum absolute atomic E-state index is 12.5. The van der Waals surface area contributed by atoms with Gasteiger partial charge >= 0.3 is 0 Å². The summed E-state index contributed by atoms with van der Waals surface area (Å²) in [6.07, 6.45) is 2.08. The number of thiazole rings is 1. The molecule has 29 heavy (non-hydrogen) atoms. The van der Waals surface area contributed by atoms with Gasteiger partial charge in [-0.15, -0.1) is 0 Å². The zero-order valence-corrected chi connectivity index (χ0v) is 16.4. The van der Waals surface area contributed by atoms with Crippen molar-refractivity contribution < 1.29 is 14.6 Å². The van der Waals surface area contributed by atoms with Gasteiger partial charge < -0.3 is 15.2 Å². The Morgan fingerprint density at radius 1 is 1.31 bits per heavy atom. The summed E-state index contributed by atoms with van der Waals surface area (Å²) in [5.74, 6) is 0.867. The van der Waals surface area contributed by atoms with Gasteiger partial charge in [0.15, 0.2) is 11.5 Å². The lowest BCUT2D eigenvalue weighted by Crippen LogP contribution is -2.24. The van der Waals surface area contributed by atoms with E-state index in [0.717, 1.165) is 21.3 Å². The van der Waals surface area contributed by atoms with Crippen LogP contribution in [0.3, 0.4) is 0 Å². The van der Waals surface area contributed by atoms with Gasteiger partial charge in [-0.3, -0.25) is 4.79 Å². The van der Waals surface area contributed by atoms with Crippen molar-refractivity contribution in [2.24, 2.45) is 0 Å². The lowest BCUT2D eigenvalue weighted by Gasteiger charge is -2.24. The van der Waals surface area contributed by atoms with Crippen molar-refractivity contribution in [2.45, 2.75) is 19.3 Å². The quantitative estimate of drug-likeness (QED) is 0.533. The number of aromatic hydroxyl groups is 1. The minimum atomic E-state index is -0.179. The number of hydrogen-bond donors (Lipinski definition) is 2. The Morgan fingerprint density at radius 2 is 2.17 bits per heavy atom. The van der Waals surface area contributed by atoms with E-state index in [1.54, 1.807) is 23.0 Å². The number of carbonyl (C=O) groups excluding carboxylic acids is 1. The monoisotopic (exact) mass is 406 g/mol. The summed E-state index contributed by atoms with van der Waals surface area (Å²) < 4.78 is 8.26. The Morgan fingerprint density at radius 3 is 3.00 bits per heavy atom. The van der Waals surface area contributed by atoms with Crippen LogP contribution < -0.4 is 10.1 Å². The molecule has 8 heteroatoms. The second kappa shape index (κ2) is 6.89. The number of fused-ring (bicyclic) bond motifs is 2. The van der Waals surface area contributed by atoms with Crippen LogP contribution in [-0.2, 0) is 4.79 Å². The van der Waals surface area contributed by atoms with E-state index in [9.17, 15) is 9.90 Å². The van der Waals surface area contributed by atoms with Gasteiger partial charge in [-0.25, -0.2) is 4.98 Å². The van der Waals surface area contributed by atoms with Crippen LogP contribution in [0.25, 0.3) is 15.3 Å². The van der Waals surface area contributed by atoms with Crippen molar-refractivity contribution in [3.63, 3.8) is 0 Å². The molecule has 7 nitrogen and oxygen atoms in total. The first-order chi connectivity index (χ1) is 14.1. The van der Waals surface area contributed by atoms with Gasteiger partial charge in [0.2, 0.25) is 11.0 Å². The number of nitrogens with zero attached hydrogens (tertiary/aromatic N) is 3. The van der Waals surface area contributed by atoms with Crippen molar-refractivity contribution in [1.82, 2.24) is 14.8 Å². The molecule has 0 aliphatic carbocycles. The minimum Gasteiger partial charge on any atom is -0.504 e. The Balaban J connectivity index is 1.59. The minimum absolute atomic E-state index is 0.0845. The first kappa shape index (κ1) is 17.7. The second-order valence-corrected chi connectivity index (χ2v) is 7.80. The molecular formula is C21H18N4O3S. The highest BCUT2D eigenvalue weighted by Crippen LogP contribution is 2.41. The predicted octanol–water partition coefficient (Wildman–Crippen LogP) is 4.06. The van der Waals surface area contributed by atoms with Crippen LogP contribution in [-0.4, -0.2) is 32.4 Å². The predicted molar refractivity (Wildman–Crippen MR) is 111 cm³/mol. The summed E-state index contributed by atoms with van der Waals surface area (Å²) in [5.41, 5.74) is 2.71. The molecule has 3 heterocycles. The van der Waals surface area contributed by atoms with Crippen molar-refractivity contribution in [1.29, 1.82) is 0 Å². The van der Waals surface area contributed by atoms with Crippen LogP contribution in [0.5, 0.6) is 11.5 Å². The maximum atomic E-state index is 12.5. The number of amides is 1. The number of carbonyl (C=O) groups is 1. The number of para-hydroxylation sites is 1. The number of benzene rings is 2. The van der Waals surface area contributed by atoms with Crippen LogP contribution in [0.1, 0.15) is 30.4 Å². The average Bonchev–Trinajstić information content (AvgIpc) is 3.32. The molecule has 0 saturated carbocycles. The summed E-state index contributed by atoms with van der Waals surface area (Å²) in [7, 11) is 0. The van der Waals surface area contributed by atoms with E-state index in [4.69, 9.17) is 4.74 Å². The molecule has 1 aliphatic heterocycles. The lowest BCUT2D eigenvalue weighted by molar-refractivity contribution is -0.116. The van der Waals surface area contributed by atoms with E-state index in [1.807, 2.05) is 37.3 Å². The number of aromatic nitrogens is 3. The molecule has 1 amide bonds. The Hall–Kier alpha value is -3.39. The standard InChI is InChI=1S/C21H18N4O3S/c1-2-28-17-9-12(7-8-16(17)26)13-10-19(27)24-20-14(13)11-22-25(20)21-23-15-5-3-4-6-18(15)29-21/h3-9,11,13,26H,2,10H2,1H3,(H,24,27)/t13-/m1/s1. The molecule has 2 aromatic heterocycles. The highest BCUT2D eigenvalue weighted by atomic mass is 32.1. The summed E-state index contributed by atoms with van der Waals surface area (Å²) in [6, 6.07) is 13.1. The molecule has 0 bridgehead atoms. The van der Waals surface area contributed by atoms with Crippen LogP contribution in [0, 0.1) is 0 Å². The van der Waals surface area contributed by atoms with Gasteiger partial charge in [0.05, 0.1) is 23.0 Å². The molecule has 1 atom stereocenters. The summed E-state index contributed by atoms with van der Waals surface area (Å²) in [5, 5.41) is 18.2. The zero-order valence-electron chi connectivity index (χ0n) is 15.6. The Labute approximate surface area is 170 Å². The molecule has 1 aliphatic rings. The molecule has 5 rings (SSSR count). The molecule has 2 N–H and O–H groups in total. The fourth-order valence-corrected chi connectivity index (χ4v) is 4.56. The normalized spacial score (nSPS) is 15.9. The van der Waals surface area contributed by atoms with Gasteiger partial charge in [-0.2, -0.15) is 9.78 Å². The SMILES string of the molecule is CCOc1cc([C@H]2CC(=O)Nc3c2cnn3-c2nc3ccccc3s2)ccc1O. The molecule has 0 fully saturated rings. The third-order valence-electron chi connectivity index (χ3n) is 4.97. The smallest absolute Gasteiger partial charge is 0.226 e. The molecule has 0 saturated heterocycles. The van der Waals surface area contributed by atoms with Gasteiger partial charge in [-0.1, -0.05) is 29.5 Å². The molecule has 0 unspecified atom stereocenters. The molecular weight excluding hydrogens is 388 g/mol. The van der Waals surface area contributed by atoms with Crippen LogP contribution in [0.2, 0.25) is 0 Å². The molecule has 0 radical (unpaired) electrons. The average molecular weight is 406 g/mol. The van der Waals surface area contributed by atoms with Crippen molar-refractivity contribution in [3.05, 3.63) is 59.8 Å². The van der Waals surface area contributed by atoms with E-state index in [1.165, 1.54) is 11.3 Å². The number of anilines is 1. The maximum Gasteiger partial charge on any atom is 0.226 e. The number of nitrogens with one attached hydrogen (secondary N) is 1. The van der Waals surface area contributed by atoms with Crippen molar-refractivity contribution in [3.8, 4) is 16.6 Å². The van der Waals surface area contributed by atoms with E-state index < -0.39 is 0 Å².